The van der Waals surface area contributed by atoms with Gasteiger partial charge in [-0.2, -0.15) is 11.8 Å². The molecular weight excluding hydrogens is 178 g/mol. The summed E-state index contributed by atoms with van der Waals surface area (Å²) in [6, 6.07) is 0. The number of hydrogen-bond donors (Lipinski definition) is 1. The zero-order chi connectivity index (χ0) is 8.53. The lowest BCUT2D eigenvalue weighted by molar-refractivity contribution is 0.320. The smallest absolute Gasteiger partial charge is 0.256 e. The van der Waals surface area contributed by atoms with Gasteiger partial charge in [-0.15, -0.1) is 0 Å². The van der Waals surface area contributed by atoms with Crippen LogP contribution in [0.15, 0.2) is 0 Å². The van der Waals surface area contributed by atoms with Gasteiger partial charge in [0.05, 0.1) is 6.61 Å². The lowest BCUT2D eigenvalue weighted by Gasteiger charge is -2.06. The molecule has 11 heavy (non-hydrogen) atoms. The normalized spacial score (nSPS) is 9.27. The molecule has 0 aromatic carbocycles. The summed E-state index contributed by atoms with van der Waals surface area (Å²) in [6.07, 6.45) is 3.23. The number of hydrogen-bond acceptors (Lipinski definition) is 3. The van der Waals surface area contributed by atoms with E-state index in [4.69, 9.17) is 17.0 Å². The molecular formula is C7H15NOS2. The second-order valence-corrected chi connectivity index (χ2v) is 3.35. The Morgan fingerprint density at radius 2 is 2.36 bits per heavy atom. The molecule has 0 spiro atoms. The Morgan fingerprint density at radius 3 is 2.91 bits per heavy atom. The third kappa shape index (κ3) is 7.94. The summed E-state index contributed by atoms with van der Waals surface area (Å²) in [5, 5.41) is 3.54. The average molecular weight is 193 g/mol. The molecule has 2 nitrogen and oxygen atoms in total. The molecule has 0 unspecified atom stereocenters. The number of ether oxygens (including phenoxy) is 1. The summed E-state index contributed by atoms with van der Waals surface area (Å²) in [5.74, 6) is 1.17. The largest absolute Gasteiger partial charge is 0.471 e. The fourth-order valence-electron chi connectivity index (χ4n) is 0.589. The van der Waals surface area contributed by atoms with Gasteiger partial charge < -0.3 is 10.1 Å². The predicted molar refractivity (Wildman–Crippen MR) is 55.2 cm³/mol. The molecule has 4 heteroatoms. The van der Waals surface area contributed by atoms with Gasteiger partial charge in [0, 0.05) is 6.54 Å². The second-order valence-electron chi connectivity index (χ2n) is 1.99. The highest BCUT2D eigenvalue weighted by atomic mass is 32.2. The summed E-state index contributed by atoms with van der Waals surface area (Å²) in [5.41, 5.74) is 0. The SMILES string of the molecule is CCOC(=S)NCCCSC. The van der Waals surface area contributed by atoms with Crippen molar-refractivity contribution in [3.8, 4) is 0 Å². The van der Waals surface area contributed by atoms with E-state index in [2.05, 4.69) is 11.6 Å². The number of thiocarbonyl (C=S) groups is 1. The molecule has 0 saturated carbocycles. The van der Waals surface area contributed by atoms with Crippen LogP contribution in [0.3, 0.4) is 0 Å². The molecule has 0 amide bonds. The molecule has 0 radical (unpaired) electrons. The van der Waals surface area contributed by atoms with Crippen LogP contribution in [-0.4, -0.2) is 30.3 Å². The first-order valence-corrected chi connectivity index (χ1v) is 5.51. The van der Waals surface area contributed by atoms with Gasteiger partial charge in [-0.05, 0) is 37.6 Å². The van der Waals surface area contributed by atoms with E-state index in [9.17, 15) is 0 Å². The number of nitrogens with one attached hydrogen (secondary N) is 1. The second kappa shape index (κ2) is 8.14. The maximum Gasteiger partial charge on any atom is 0.256 e. The van der Waals surface area contributed by atoms with Crippen LogP contribution in [0.2, 0.25) is 0 Å². The standard InChI is InChI=1S/C7H15NOS2/c1-3-9-7(10)8-5-4-6-11-2/h3-6H2,1-2H3,(H,8,10). The van der Waals surface area contributed by atoms with Crippen molar-refractivity contribution in [1.29, 1.82) is 0 Å². The molecule has 0 bridgehead atoms. The fraction of sp³-hybridized carbons (Fsp3) is 0.857. The molecule has 1 N–H and O–H groups in total. The average Bonchev–Trinajstić information content (AvgIpc) is 1.99. The lowest BCUT2D eigenvalue weighted by Crippen LogP contribution is -2.25. The van der Waals surface area contributed by atoms with Crippen molar-refractivity contribution in [2.24, 2.45) is 0 Å². The first-order valence-electron chi connectivity index (χ1n) is 3.70. The van der Waals surface area contributed by atoms with Gasteiger partial charge in [0.2, 0.25) is 0 Å². The minimum absolute atomic E-state index is 0.522. The van der Waals surface area contributed by atoms with Gasteiger partial charge in [-0.25, -0.2) is 0 Å². The first-order chi connectivity index (χ1) is 5.31. The van der Waals surface area contributed by atoms with Crippen molar-refractivity contribution in [3.05, 3.63) is 0 Å². The molecule has 0 rings (SSSR count). The Morgan fingerprint density at radius 1 is 1.64 bits per heavy atom. The van der Waals surface area contributed by atoms with Crippen LogP contribution in [-0.2, 0) is 4.74 Å². The number of rotatable bonds is 5. The van der Waals surface area contributed by atoms with Crippen LogP contribution in [0, 0.1) is 0 Å². The summed E-state index contributed by atoms with van der Waals surface area (Å²) in [6.45, 7) is 3.49. The monoisotopic (exact) mass is 193 g/mol. The summed E-state index contributed by atoms with van der Waals surface area (Å²) < 4.78 is 5.04. The van der Waals surface area contributed by atoms with Gasteiger partial charge in [0.1, 0.15) is 0 Å². The van der Waals surface area contributed by atoms with Crippen LogP contribution in [0.4, 0.5) is 0 Å². The highest BCUT2D eigenvalue weighted by Gasteiger charge is 1.92. The first kappa shape index (κ1) is 11.0. The quantitative estimate of drug-likeness (QED) is 0.529. The van der Waals surface area contributed by atoms with E-state index < -0.39 is 0 Å². The van der Waals surface area contributed by atoms with Crippen molar-refractivity contribution in [2.45, 2.75) is 13.3 Å². The highest BCUT2D eigenvalue weighted by molar-refractivity contribution is 7.98. The Labute approximate surface area is 78.1 Å². The molecule has 0 aliphatic carbocycles. The van der Waals surface area contributed by atoms with Gasteiger partial charge in [0.15, 0.2) is 0 Å². The van der Waals surface area contributed by atoms with Crippen LogP contribution in [0.1, 0.15) is 13.3 Å². The zero-order valence-electron chi connectivity index (χ0n) is 7.05. The van der Waals surface area contributed by atoms with E-state index in [-0.39, 0.29) is 0 Å². The van der Waals surface area contributed by atoms with Crippen LogP contribution in [0.25, 0.3) is 0 Å². The van der Waals surface area contributed by atoms with Crippen molar-refractivity contribution in [1.82, 2.24) is 5.32 Å². The molecule has 0 atom stereocenters. The van der Waals surface area contributed by atoms with E-state index in [1.165, 1.54) is 5.75 Å². The van der Waals surface area contributed by atoms with E-state index >= 15 is 0 Å². The van der Waals surface area contributed by atoms with Crippen molar-refractivity contribution in [3.63, 3.8) is 0 Å². The lowest BCUT2D eigenvalue weighted by atomic mass is 10.5. The summed E-state index contributed by atoms with van der Waals surface area (Å²) in [7, 11) is 0. The Bertz CT molecular complexity index is 109. The van der Waals surface area contributed by atoms with E-state index in [1.54, 1.807) is 0 Å². The predicted octanol–water partition coefficient (Wildman–Crippen LogP) is 1.65. The summed E-state index contributed by atoms with van der Waals surface area (Å²) >= 11 is 6.71. The van der Waals surface area contributed by atoms with Crippen molar-refractivity contribution in [2.75, 3.05) is 25.2 Å². The Kier molecular flexibility index (Phi) is 8.17. The maximum atomic E-state index is 5.04. The third-order valence-corrected chi connectivity index (χ3v) is 2.03. The van der Waals surface area contributed by atoms with Crippen molar-refractivity contribution < 1.29 is 4.74 Å². The highest BCUT2D eigenvalue weighted by Crippen LogP contribution is 1.93. The van der Waals surface area contributed by atoms with Crippen LogP contribution < -0.4 is 5.32 Å². The molecule has 0 heterocycles. The van der Waals surface area contributed by atoms with Crippen molar-refractivity contribution >= 4 is 29.2 Å². The Hall–Kier alpha value is 0.0400. The number of thioether (sulfide) groups is 1. The molecule has 0 aliphatic rings. The molecule has 0 aliphatic heterocycles. The van der Waals surface area contributed by atoms with Gasteiger partial charge in [-0.1, -0.05) is 0 Å². The minimum Gasteiger partial charge on any atom is -0.471 e. The molecule has 0 saturated heterocycles. The van der Waals surface area contributed by atoms with Crippen LogP contribution in [0.5, 0.6) is 0 Å². The molecule has 0 fully saturated rings. The maximum absolute atomic E-state index is 5.04. The van der Waals surface area contributed by atoms with Gasteiger partial charge in [0.25, 0.3) is 5.17 Å². The van der Waals surface area contributed by atoms with Gasteiger partial charge >= 0.3 is 0 Å². The molecule has 0 aromatic heterocycles. The summed E-state index contributed by atoms with van der Waals surface area (Å²) in [4.78, 5) is 0. The van der Waals surface area contributed by atoms with E-state index in [0.29, 0.717) is 11.8 Å². The topological polar surface area (TPSA) is 21.3 Å². The van der Waals surface area contributed by atoms with E-state index in [1.807, 2.05) is 18.7 Å². The van der Waals surface area contributed by atoms with E-state index in [0.717, 1.165) is 13.0 Å². The molecule has 0 aromatic rings. The zero-order valence-corrected chi connectivity index (χ0v) is 8.69. The van der Waals surface area contributed by atoms with Gasteiger partial charge in [-0.3, -0.25) is 0 Å². The molecule has 66 valence electrons. The van der Waals surface area contributed by atoms with Crippen LogP contribution >= 0.6 is 24.0 Å². The minimum atomic E-state index is 0.522. The fourth-order valence-corrected chi connectivity index (χ4v) is 1.24. The Balaban J connectivity index is 3.04. The third-order valence-electron chi connectivity index (χ3n) is 1.07.